The minimum absolute atomic E-state index is 0.0703. The van der Waals surface area contributed by atoms with E-state index in [0.717, 1.165) is 50.6 Å². The van der Waals surface area contributed by atoms with Crippen LogP contribution < -0.4 is 14.4 Å². The molecule has 6 heteroatoms. The normalized spacial score (nSPS) is 15.7. The van der Waals surface area contributed by atoms with Crippen LogP contribution >= 0.6 is 11.3 Å². The zero-order chi connectivity index (χ0) is 20.8. The first-order valence-electron chi connectivity index (χ1n) is 10.3. The number of methoxy groups -OCH3 is 1. The second kappa shape index (κ2) is 9.96. The van der Waals surface area contributed by atoms with E-state index in [4.69, 9.17) is 9.47 Å². The summed E-state index contributed by atoms with van der Waals surface area (Å²) in [5.74, 6) is 1.23. The highest BCUT2D eigenvalue weighted by atomic mass is 32.1. The van der Waals surface area contributed by atoms with Gasteiger partial charge in [0.15, 0.2) is 0 Å². The molecule has 30 heavy (non-hydrogen) atoms. The number of hydrogen-bond acceptors (Lipinski definition) is 5. The van der Waals surface area contributed by atoms with E-state index in [-0.39, 0.29) is 11.9 Å². The number of ether oxygens (including phenoxy) is 2. The number of halogens is 1. The molecule has 1 atom stereocenters. The van der Waals surface area contributed by atoms with Gasteiger partial charge in [0.25, 0.3) is 0 Å². The van der Waals surface area contributed by atoms with E-state index in [9.17, 15) is 4.39 Å². The summed E-state index contributed by atoms with van der Waals surface area (Å²) in [6.45, 7) is 4.87. The first-order valence-corrected chi connectivity index (χ1v) is 11.2. The predicted molar refractivity (Wildman–Crippen MR) is 120 cm³/mol. The Balaban J connectivity index is 1.34. The molecule has 0 amide bonds. The minimum atomic E-state index is -0.273. The molecule has 1 aliphatic heterocycles. The van der Waals surface area contributed by atoms with Gasteiger partial charge >= 0.3 is 0 Å². The van der Waals surface area contributed by atoms with Crippen LogP contribution in [0, 0.1) is 5.82 Å². The first kappa shape index (κ1) is 20.7. The monoisotopic (exact) mass is 426 g/mol. The van der Waals surface area contributed by atoms with Crippen molar-refractivity contribution in [3.8, 4) is 11.5 Å². The predicted octanol–water partition coefficient (Wildman–Crippen LogP) is 5.23. The molecule has 4 nitrogen and oxygen atoms in total. The molecule has 158 valence electrons. The molecular weight excluding hydrogens is 399 g/mol. The summed E-state index contributed by atoms with van der Waals surface area (Å²) in [4.78, 5) is 6.03. The van der Waals surface area contributed by atoms with E-state index in [1.165, 1.54) is 17.0 Å². The topological polar surface area (TPSA) is 24.9 Å². The molecule has 0 bridgehead atoms. The molecule has 2 heterocycles. The summed E-state index contributed by atoms with van der Waals surface area (Å²) in [6.07, 6.45) is 0.796. The molecule has 0 radical (unpaired) electrons. The van der Waals surface area contributed by atoms with Gasteiger partial charge in [-0.3, -0.25) is 4.90 Å². The Morgan fingerprint density at radius 1 is 1.00 bits per heavy atom. The molecule has 1 saturated heterocycles. The van der Waals surface area contributed by atoms with Gasteiger partial charge in [-0.25, -0.2) is 4.39 Å². The average molecular weight is 427 g/mol. The van der Waals surface area contributed by atoms with Crippen molar-refractivity contribution in [1.82, 2.24) is 4.90 Å². The molecule has 2 aromatic carbocycles. The molecular formula is C24H27FN2O2S. The van der Waals surface area contributed by atoms with Crippen molar-refractivity contribution < 1.29 is 13.9 Å². The summed E-state index contributed by atoms with van der Waals surface area (Å²) in [5, 5.41) is 2.06. The molecule has 1 unspecified atom stereocenters. The second-order valence-corrected chi connectivity index (χ2v) is 8.35. The Kier molecular flexibility index (Phi) is 6.87. The van der Waals surface area contributed by atoms with Gasteiger partial charge in [0.05, 0.1) is 12.8 Å². The highest BCUT2D eigenvalue weighted by molar-refractivity contribution is 7.10. The number of benzene rings is 2. The van der Waals surface area contributed by atoms with E-state index >= 15 is 0 Å². The maximum Gasteiger partial charge on any atom is 0.142 e. The highest BCUT2D eigenvalue weighted by Gasteiger charge is 2.22. The van der Waals surface area contributed by atoms with Crippen LogP contribution in [0.3, 0.4) is 0 Å². The Labute approximate surface area is 181 Å². The Hall–Kier alpha value is -2.57. The number of piperazine rings is 1. The van der Waals surface area contributed by atoms with Gasteiger partial charge in [-0.05, 0) is 35.7 Å². The molecule has 1 fully saturated rings. The Bertz CT molecular complexity index is 926. The van der Waals surface area contributed by atoms with Gasteiger partial charge in [0.1, 0.15) is 23.4 Å². The number of hydrogen-bond donors (Lipinski definition) is 0. The van der Waals surface area contributed by atoms with Crippen LogP contribution in [-0.2, 0) is 0 Å². The summed E-state index contributed by atoms with van der Waals surface area (Å²) in [6, 6.07) is 18.7. The fourth-order valence-electron chi connectivity index (χ4n) is 3.84. The summed E-state index contributed by atoms with van der Waals surface area (Å²) in [5.41, 5.74) is 1.16. The van der Waals surface area contributed by atoms with Crippen LogP contribution in [0.2, 0.25) is 0 Å². The zero-order valence-electron chi connectivity index (χ0n) is 17.2. The fraction of sp³-hybridized carbons (Fsp3) is 0.333. The van der Waals surface area contributed by atoms with Gasteiger partial charge in [-0.15, -0.1) is 11.3 Å². The zero-order valence-corrected chi connectivity index (χ0v) is 18.0. The van der Waals surface area contributed by atoms with Gasteiger partial charge < -0.3 is 14.4 Å². The van der Waals surface area contributed by atoms with E-state index < -0.39 is 0 Å². The molecule has 0 saturated carbocycles. The standard InChI is InChI=1S/C24H27FN2O2S/c1-28-22-9-3-2-8-21(22)27-15-13-26(14-16-27)12-11-23(24-10-5-17-30-24)29-20-7-4-6-19(25)18-20/h2-10,17-18,23H,11-16H2,1H3. The van der Waals surface area contributed by atoms with Gasteiger partial charge in [-0.2, -0.15) is 0 Å². The Morgan fingerprint density at radius 3 is 2.57 bits per heavy atom. The van der Waals surface area contributed by atoms with E-state index in [0.29, 0.717) is 5.75 Å². The van der Waals surface area contributed by atoms with Crippen LogP contribution in [0.1, 0.15) is 17.4 Å². The van der Waals surface area contributed by atoms with Crippen molar-refractivity contribution in [2.24, 2.45) is 0 Å². The maximum absolute atomic E-state index is 13.6. The lowest BCUT2D eigenvalue weighted by atomic mass is 10.1. The third kappa shape index (κ3) is 5.12. The van der Waals surface area contributed by atoms with Gasteiger partial charge in [0.2, 0.25) is 0 Å². The third-order valence-electron chi connectivity index (χ3n) is 5.44. The van der Waals surface area contributed by atoms with Crippen molar-refractivity contribution in [2.75, 3.05) is 44.7 Å². The number of anilines is 1. The van der Waals surface area contributed by atoms with Crippen LogP contribution in [0.4, 0.5) is 10.1 Å². The molecule has 1 aliphatic rings. The lowest BCUT2D eigenvalue weighted by Gasteiger charge is -2.37. The van der Waals surface area contributed by atoms with Crippen LogP contribution in [0.25, 0.3) is 0 Å². The summed E-state index contributed by atoms with van der Waals surface area (Å²) >= 11 is 1.68. The van der Waals surface area contributed by atoms with E-state index in [2.05, 4.69) is 33.4 Å². The molecule has 0 spiro atoms. The molecule has 4 rings (SSSR count). The quantitative estimate of drug-likeness (QED) is 0.493. The van der Waals surface area contributed by atoms with Crippen LogP contribution in [0.5, 0.6) is 11.5 Å². The first-order chi connectivity index (χ1) is 14.7. The lowest BCUT2D eigenvalue weighted by molar-refractivity contribution is 0.162. The van der Waals surface area contributed by atoms with E-state index in [1.54, 1.807) is 24.5 Å². The fourth-order valence-corrected chi connectivity index (χ4v) is 4.63. The lowest BCUT2D eigenvalue weighted by Crippen LogP contribution is -2.47. The minimum Gasteiger partial charge on any atom is -0.495 e. The number of rotatable bonds is 8. The molecule has 3 aromatic rings. The summed E-state index contributed by atoms with van der Waals surface area (Å²) in [7, 11) is 1.72. The number of nitrogens with zero attached hydrogens (tertiary/aromatic N) is 2. The molecule has 1 aromatic heterocycles. The third-order valence-corrected chi connectivity index (χ3v) is 6.40. The van der Waals surface area contributed by atoms with Crippen molar-refractivity contribution >= 4 is 17.0 Å². The van der Waals surface area contributed by atoms with Crippen molar-refractivity contribution in [3.63, 3.8) is 0 Å². The number of thiophene rings is 1. The van der Waals surface area contributed by atoms with Crippen molar-refractivity contribution in [1.29, 1.82) is 0 Å². The summed E-state index contributed by atoms with van der Waals surface area (Å²) < 4.78 is 25.2. The highest BCUT2D eigenvalue weighted by Crippen LogP contribution is 2.30. The largest absolute Gasteiger partial charge is 0.495 e. The smallest absolute Gasteiger partial charge is 0.142 e. The molecule has 0 aliphatic carbocycles. The van der Waals surface area contributed by atoms with E-state index in [1.807, 2.05) is 24.3 Å². The van der Waals surface area contributed by atoms with Crippen LogP contribution in [0.15, 0.2) is 66.0 Å². The second-order valence-electron chi connectivity index (χ2n) is 7.37. The maximum atomic E-state index is 13.6. The number of para-hydroxylation sites is 2. The average Bonchev–Trinajstić information content (AvgIpc) is 3.32. The van der Waals surface area contributed by atoms with Crippen LogP contribution in [-0.4, -0.2) is 44.7 Å². The van der Waals surface area contributed by atoms with Gasteiger partial charge in [-0.1, -0.05) is 24.3 Å². The van der Waals surface area contributed by atoms with Crippen molar-refractivity contribution in [2.45, 2.75) is 12.5 Å². The Morgan fingerprint density at radius 2 is 1.83 bits per heavy atom. The SMILES string of the molecule is COc1ccccc1N1CCN(CCC(Oc2cccc(F)c2)c2cccs2)CC1. The molecule has 0 N–H and O–H groups in total. The van der Waals surface area contributed by atoms with Crippen molar-refractivity contribution in [3.05, 3.63) is 76.7 Å². The van der Waals surface area contributed by atoms with Gasteiger partial charge in [0, 0.05) is 50.1 Å².